The Hall–Kier alpha value is -1.68. The maximum absolute atomic E-state index is 12.2. The van der Waals surface area contributed by atoms with E-state index in [9.17, 15) is 4.79 Å². The molecule has 0 unspecified atom stereocenters. The number of carbonyl (C=O) groups is 1. The van der Waals surface area contributed by atoms with Crippen LogP contribution in [0.4, 0.5) is 5.69 Å². The Labute approximate surface area is 121 Å². The molecule has 0 spiro atoms. The van der Waals surface area contributed by atoms with Gasteiger partial charge in [-0.05, 0) is 65.5 Å². The van der Waals surface area contributed by atoms with Crippen molar-refractivity contribution in [2.24, 2.45) is 0 Å². The quantitative estimate of drug-likeness (QED) is 0.908. The lowest BCUT2D eigenvalue weighted by Gasteiger charge is -2.12. The Balaban J connectivity index is 2.32. The number of benzene rings is 1. The molecule has 1 aromatic heterocycles. The van der Waals surface area contributed by atoms with Gasteiger partial charge in [-0.2, -0.15) is 0 Å². The number of hydrogen-bond acceptors (Lipinski definition) is 2. The first-order valence-electron chi connectivity index (χ1n) is 5.98. The molecule has 0 atom stereocenters. The highest BCUT2D eigenvalue weighted by atomic mass is 79.9. The number of aryl methyl sites for hydroxylation is 3. The summed E-state index contributed by atoms with van der Waals surface area (Å²) in [6.07, 6.45) is 1.62. The molecule has 2 aromatic rings. The maximum Gasteiger partial charge on any atom is 0.274 e. The molecule has 1 amide bonds. The van der Waals surface area contributed by atoms with Crippen molar-refractivity contribution >= 4 is 27.5 Å². The van der Waals surface area contributed by atoms with E-state index in [0.29, 0.717) is 5.69 Å². The van der Waals surface area contributed by atoms with Gasteiger partial charge in [-0.25, -0.2) is 0 Å². The monoisotopic (exact) mass is 318 g/mol. The van der Waals surface area contributed by atoms with Gasteiger partial charge in [-0.3, -0.25) is 9.78 Å². The van der Waals surface area contributed by atoms with Gasteiger partial charge in [-0.15, -0.1) is 0 Å². The molecule has 0 aliphatic heterocycles. The van der Waals surface area contributed by atoms with Gasteiger partial charge in [0.05, 0.1) is 5.69 Å². The van der Waals surface area contributed by atoms with Crippen molar-refractivity contribution < 1.29 is 4.79 Å². The summed E-state index contributed by atoms with van der Waals surface area (Å²) in [5, 5.41) is 2.91. The maximum atomic E-state index is 12.2. The van der Waals surface area contributed by atoms with E-state index in [2.05, 4.69) is 26.2 Å². The van der Waals surface area contributed by atoms with Gasteiger partial charge in [0.1, 0.15) is 5.69 Å². The fourth-order valence-electron chi connectivity index (χ4n) is 1.97. The Kier molecular flexibility index (Phi) is 4.00. The summed E-state index contributed by atoms with van der Waals surface area (Å²) in [7, 11) is 0. The number of nitrogens with zero attached hydrogens (tertiary/aromatic N) is 1. The summed E-state index contributed by atoms with van der Waals surface area (Å²) in [5.74, 6) is -0.189. The molecule has 0 aliphatic carbocycles. The smallest absolute Gasteiger partial charge is 0.274 e. The van der Waals surface area contributed by atoms with Gasteiger partial charge in [0.2, 0.25) is 0 Å². The van der Waals surface area contributed by atoms with Crippen LogP contribution in [0.5, 0.6) is 0 Å². The summed E-state index contributed by atoms with van der Waals surface area (Å²) in [5.41, 5.74) is 4.28. The Morgan fingerprint density at radius 1 is 1.21 bits per heavy atom. The van der Waals surface area contributed by atoms with Crippen LogP contribution in [0.1, 0.15) is 27.2 Å². The summed E-state index contributed by atoms with van der Waals surface area (Å²) < 4.78 is 0.881. The van der Waals surface area contributed by atoms with E-state index in [1.165, 1.54) is 0 Å². The molecule has 0 aliphatic rings. The number of rotatable bonds is 2. The Morgan fingerprint density at radius 2 is 1.95 bits per heavy atom. The molecule has 0 bridgehead atoms. The summed E-state index contributed by atoms with van der Waals surface area (Å²) in [4.78, 5) is 16.4. The summed E-state index contributed by atoms with van der Waals surface area (Å²) >= 11 is 3.48. The van der Waals surface area contributed by atoms with Crippen LogP contribution >= 0.6 is 15.9 Å². The molecular weight excluding hydrogens is 304 g/mol. The van der Waals surface area contributed by atoms with Crippen molar-refractivity contribution in [3.63, 3.8) is 0 Å². The molecule has 0 saturated carbocycles. The molecule has 98 valence electrons. The predicted octanol–water partition coefficient (Wildman–Crippen LogP) is 4.02. The minimum Gasteiger partial charge on any atom is -0.319 e. The number of pyridine rings is 1. The first-order chi connectivity index (χ1) is 8.99. The molecule has 19 heavy (non-hydrogen) atoms. The van der Waals surface area contributed by atoms with Crippen molar-refractivity contribution in [3.05, 3.63) is 57.3 Å². The lowest BCUT2D eigenvalue weighted by atomic mass is 10.1. The molecule has 1 heterocycles. The van der Waals surface area contributed by atoms with E-state index < -0.39 is 0 Å². The van der Waals surface area contributed by atoms with Gasteiger partial charge >= 0.3 is 0 Å². The van der Waals surface area contributed by atoms with E-state index in [-0.39, 0.29) is 5.91 Å². The second-order valence-electron chi connectivity index (χ2n) is 4.56. The summed E-state index contributed by atoms with van der Waals surface area (Å²) in [6.45, 7) is 5.86. The average molecular weight is 319 g/mol. The minimum atomic E-state index is -0.189. The van der Waals surface area contributed by atoms with Crippen LogP contribution < -0.4 is 5.32 Å². The van der Waals surface area contributed by atoms with E-state index in [0.717, 1.165) is 26.9 Å². The van der Waals surface area contributed by atoms with Gasteiger partial charge in [0.15, 0.2) is 0 Å². The Morgan fingerprint density at radius 3 is 2.58 bits per heavy atom. The van der Waals surface area contributed by atoms with Crippen LogP contribution in [0.15, 0.2) is 34.9 Å². The van der Waals surface area contributed by atoms with Gasteiger partial charge in [0, 0.05) is 10.7 Å². The molecule has 3 nitrogen and oxygen atoms in total. The molecule has 1 N–H and O–H groups in total. The zero-order valence-electron chi connectivity index (χ0n) is 11.1. The molecule has 0 radical (unpaired) electrons. The Bertz CT molecular complexity index is 615. The lowest BCUT2D eigenvalue weighted by Crippen LogP contribution is -2.16. The van der Waals surface area contributed by atoms with Crippen molar-refractivity contribution in [2.45, 2.75) is 20.8 Å². The van der Waals surface area contributed by atoms with E-state index in [1.54, 1.807) is 6.20 Å². The fourth-order valence-corrected chi connectivity index (χ4v) is 2.74. The zero-order chi connectivity index (χ0) is 14.0. The van der Waals surface area contributed by atoms with Crippen LogP contribution in [-0.4, -0.2) is 10.9 Å². The first kappa shape index (κ1) is 13.7. The number of anilines is 1. The number of nitrogens with one attached hydrogen (secondary N) is 1. The fraction of sp³-hybridized carbons (Fsp3) is 0.200. The van der Waals surface area contributed by atoms with Crippen molar-refractivity contribution in [1.29, 1.82) is 0 Å². The number of halogens is 1. The lowest BCUT2D eigenvalue weighted by molar-refractivity contribution is 0.102. The number of carbonyl (C=O) groups excluding carboxylic acids is 1. The highest BCUT2D eigenvalue weighted by Crippen LogP contribution is 2.28. The van der Waals surface area contributed by atoms with Crippen molar-refractivity contribution in [2.75, 3.05) is 5.32 Å². The molecule has 4 heteroatoms. The molecule has 0 saturated heterocycles. The number of amides is 1. The van der Waals surface area contributed by atoms with Gasteiger partial charge in [0.25, 0.3) is 5.91 Å². The van der Waals surface area contributed by atoms with Crippen LogP contribution in [0.25, 0.3) is 0 Å². The van der Waals surface area contributed by atoms with E-state index in [4.69, 9.17) is 0 Å². The van der Waals surface area contributed by atoms with Crippen LogP contribution in [-0.2, 0) is 0 Å². The standard InChI is InChI=1S/C15H15BrN2O/c1-9-7-11(3)13(12(16)8-9)18-15(19)14-10(2)5-4-6-17-14/h4-8H,1-3H3,(H,18,19). The normalized spacial score (nSPS) is 10.3. The minimum absolute atomic E-state index is 0.189. The van der Waals surface area contributed by atoms with Crippen LogP contribution in [0.2, 0.25) is 0 Å². The zero-order valence-corrected chi connectivity index (χ0v) is 12.7. The van der Waals surface area contributed by atoms with Crippen LogP contribution in [0, 0.1) is 20.8 Å². The topological polar surface area (TPSA) is 42.0 Å². The van der Waals surface area contributed by atoms with Crippen molar-refractivity contribution in [3.8, 4) is 0 Å². The molecule has 1 aromatic carbocycles. The third kappa shape index (κ3) is 3.01. The van der Waals surface area contributed by atoms with Gasteiger partial charge < -0.3 is 5.32 Å². The molecular formula is C15H15BrN2O. The third-order valence-electron chi connectivity index (χ3n) is 2.89. The predicted molar refractivity (Wildman–Crippen MR) is 80.5 cm³/mol. The highest BCUT2D eigenvalue weighted by molar-refractivity contribution is 9.10. The number of hydrogen-bond donors (Lipinski definition) is 1. The number of aromatic nitrogens is 1. The van der Waals surface area contributed by atoms with Crippen LogP contribution in [0.3, 0.4) is 0 Å². The SMILES string of the molecule is Cc1cc(C)c(NC(=O)c2ncccc2C)c(Br)c1. The first-order valence-corrected chi connectivity index (χ1v) is 6.78. The van der Waals surface area contributed by atoms with Crippen molar-refractivity contribution in [1.82, 2.24) is 4.98 Å². The summed E-state index contributed by atoms with van der Waals surface area (Å²) in [6, 6.07) is 7.71. The molecule has 0 fully saturated rings. The highest BCUT2D eigenvalue weighted by Gasteiger charge is 2.13. The third-order valence-corrected chi connectivity index (χ3v) is 3.52. The average Bonchev–Trinajstić information content (AvgIpc) is 2.34. The largest absolute Gasteiger partial charge is 0.319 e. The van der Waals surface area contributed by atoms with E-state index >= 15 is 0 Å². The second kappa shape index (κ2) is 5.53. The second-order valence-corrected chi connectivity index (χ2v) is 5.42. The van der Waals surface area contributed by atoms with Gasteiger partial charge in [-0.1, -0.05) is 12.1 Å². The van der Waals surface area contributed by atoms with E-state index in [1.807, 2.05) is 45.0 Å². The molecule has 2 rings (SSSR count).